The number of rotatable bonds is 5. The number of amides is 2. The zero-order valence-electron chi connectivity index (χ0n) is 9.91. The van der Waals surface area contributed by atoms with Crippen molar-refractivity contribution in [1.82, 2.24) is 5.32 Å². The van der Waals surface area contributed by atoms with E-state index in [0.717, 1.165) is 31.4 Å². The first kappa shape index (κ1) is 11.9. The maximum absolute atomic E-state index is 11.5. The van der Waals surface area contributed by atoms with Crippen molar-refractivity contribution in [2.75, 3.05) is 11.9 Å². The predicted molar refractivity (Wildman–Crippen MR) is 69.0 cm³/mol. The minimum Gasteiger partial charge on any atom is -0.335 e. The predicted octanol–water partition coefficient (Wildman–Crippen LogP) is 1.86. The Hall–Kier alpha value is -1.55. The molecule has 0 saturated heterocycles. The van der Waals surface area contributed by atoms with Crippen molar-refractivity contribution < 1.29 is 4.79 Å². The highest BCUT2D eigenvalue weighted by molar-refractivity contribution is 5.89. The van der Waals surface area contributed by atoms with Crippen LogP contribution >= 0.6 is 0 Å². The zero-order chi connectivity index (χ0) is 12.1. The molecule has 0 radical (unpaired) electrons. The van der Waals surface area contributed by atoms with Gasteiger partial charge < -0.3 is 16.4 Å². The minimum atomic E-state index is -0.108. The Bertz CT molecular complexity index is 388. The van der Waals surface area contributed by atoms with Gasteiger partial charge >= 0.3 is 6.03 Å². The maximum Gasteiger partial charge on any atom is 0.319 e. The van der Waals surface area contributed by atoms with Crippen molar-refractivity contribution in [1.29, 1.82) is 0 Å². The topological polar surface area (TPSA) is 67.1 Å². The monoisotopic (exact) mass is 233 g/mol. The largest absolute Gasteiger partial charge is 0.335 e. The third-order valence-electron chi connectivity index (χ3n) is 2.77. The molecule has 2 amide bonds. The number of aryl methyl sites for hydroxylation is 1. The summed E-state index contributed by atoms with van der Waals surface area (Å²) in [6.07, 6.45) is 4.13. The van der Waals surface area contributed by atoms with Crippen molar-refractivity contribution in [3.63, 3.8) is 0 Å². The van der Waals surface area contributed by atoms with Crippen LogP contribution < -0.4 is 16.4 Å². The summed E-state index contributed by atoms with van der Waals surface area (Å²) in [4.78, 5) is 11.5. The fraction of sp³-hybridized carbons (Fsp3) is 0.462. The van der Waals surface area contributed by atoms with E-state index in [0.29, 0.717) is 12.6 Å². The van der Waals surface area contributed by atoms with E-state index in [4.69, 9.17) is 5.73 Å². The van der Waals surface area contributed by atoms with E-state index in [1.54, 1.807) is 0 Å². The number of anilines is 1. The van der Waals surface area contributed by atoms with Gasteiger partial charge in [0.1, 0.15) is 0 Å². The number of carbonyl (C=O) groups excluding carboxylic acids is 1. The first-order chi connectivity index (χ1) is 8.28. The quantitative estimate of drug-likeness (QED) is 0.726. The van der Waals surface area contributed by atoms with E-state index in [2.05, 4.69) is 16.7 Å². The summed E-state index contributed by atoms with van der Waals surface area (Å²) in [6.45, 7) is 0.694. The maximum atomic E-state index is 11.5. The Morgan fingerprint density at radius 2 is 2.24 bits per heavy atom. The molecule has 1 aliphatic carbocycles. The number of hydrogen-bond donors (Lipinski definition) is 3. The van der Waals surface area contributed by atoms with Gasteiger partial charge in [0.05, 0.1) is 0 Å². The van der Waals surface area contributed by atoms with Gasteiger partial charge in [0, 0.05) is 11.7 Å². The van der Waals surface area contributed by atoms with Crippen LogP contribution in [-0.2, 0) is 6.42 Å². The third kappa shape index (κ3) is 4.07. The van der Waals surface area contributed by atoms with Gasteiger partial charge in [-0.05, 0) is 49.9 Å². The molecule has 1 fully saturated rings. The Kier molecular flexibility index (Phi) is 3.98. The molecule has 0 atom stereocenters. The second-order valence-electron chi connectivity index (χ2n) is 4.47. The Balaban J connectivity index is 1.87. The number of urea groups is 1. The highest BCUT2D eigenvalue weighted by Gasteiger charge is 2.23. The average Bonchev–Trinajstić information content (AvgIpc) is 3.10. The highest BCUT2D eigenvalue weighted by atomic mass is 16.2. The molecule has 92 valence electrons. The van der Waals surface area contributed by atoms with Gasteiger partial charge in [-0.15, -0.1) is 0 Å². The summed E-state index contributed by atoms with van der Waals surface area (Å²) in [5.74, 6) is 0. The SMILES string of the molecule is NCCCc1cccc(NC(=O)NC2CC2)c1. The number of nitrogens with two attached hydrogens (primary N) is 1. The van der Waals surface area contributed by atoms with Crippen LogP contribution in [0.3, 0.4) is 0 Å². The standard InChI is InChI=1S/C13H19N3O/c14-8-2-4-10-3-1-5-12(9-10)16-13(17)15-11-6-7-11/h1,3,5,9,11H,2,4,6-8,14H2,(H2,15,16,17). The normalized spacial score (nSPS) is 14.4. The second kappa shape index (κ2) is 5.68. The summed E-state index contributed by atoms with van der Waals surface area (Å²) in [5.41, 5.74) is 7.53. The van der Waals surface area contributed by atoms with E-state index in [9.17, 15) is 4.79 Å². The molecule has 1 aromatic rings. The molecule has 1 aromatic carbocycles. The lowest BCUT2D eigenvalue weighted by atomic mass is 10.1. The minimum absolute atomic E-state index is 0.108. The molecule has 1 saturated carbocycles. The molecular formula is C13H19N3O. The van der Waals surface area contributed by atoms with Gasteiger partial charge in [-0.25, -0.2) is 4.79 Å². The van der Waals surface area contributed by atoms with Crippen molar-refractivity contribution >= 4 is 11.7 Å². The number of benzene rings is 1. The zero-order valence-corrected chi connectivity index (χ0v) is 9.91. The lowest BCUT2D eigenvalue weighted by Gasteiger charge is -2.08. The van der Waals surface area contributed by atoms with Crippen LogP contribution in [0.5, 0.6) is 0 Å². The van der Waals surface area contributed by atoms with Crippen molar-refractivity contribution in [2.45, 2.75) is 31.7 Å². The molecule has 0 spiro atoms. The van der Waals surface area contributed by atoms with Crippen LogP contribution in [0.1, 0.15) is 24.8 Å². The fourth-order valence-corrected chi connectivity index (χ4v) is 1.69. The fourth-order valence-electron chi connectivity index (χ4n) is 1.69. The van der Waals surface area contributed by atoms with Crippen LogP contribution in [-0.4, -0.2) is 18.6 Å². The summed E-state index contributed by atoms with van der Waals surface area (Å²) < 4.78 is 0. The smallest absolute Gasteiger partial charge is 0.319 e. The van der Waals surface area contributed by atoms with Crippen LogP contribution in [0, 0.1) is 0 Å². The van der Waals surface area contributed by atoms with Crippen molar-refractivity contribution in [2.24, 2.45) is 5.73 Å². The van der Waals surface area contributed by atoms with E-state index in [-0.39, 0.29) is 6.03 Å². The Labute approximate surface area is 102 Å². The van der Waals surface area contributed by atoms with Crippen LogP contribution in [0.2, 0.25) is 0 Å². The summed E-state index contributed by atoms with van der Waals surface area (Å²) in [7, 11) is 0. The summed E-state index contributed by atoms with van der Waals surface area (Å²) in [6, 6.07) is 8.19. The van der Waals surface area contributed by atoms with Gasteiger partial charge in [0.2, 0.25) is 0 Å². The van der Waals surface area contributed by atoms with Gasteiger partial charge in [-0.1, -0.05) is 12.1 Å². The molecule has 0 aromatic heterocycles. The van der Waals surface area contributed by atoms with Gasteiger partial charge in [0.25, 0.3) is 0 Å². The third-order valence-corrected chi connectivity index (χ3v) is 2.77. The van der Waals surface area contributed by atoms with Gasteiger partial charge in [-0.2, -0.15) is 0 Å². The van der Waals surface area contributed by atoms with Crippen LogP contribution in [0.4, 0.5) is 10.5 Å². The highest BCUT2D eigenvalue weighted by Crippen LogP contribution is 2.19. The van der Waals surface area contributed by atoms with E-state index in [1.165, 1.54) is 5.56 Å². The molecule has 4 N–H and O–H groups in total. The number of hydrogen-bond acceptors (Lipinski definition) is 2. The molecule has 17 heavy (non-hydrogen) atoms. The molecule has 0 aliphatic heterocycles. The van der Waals surface area contributed by atoms with Crippen molar-refractivity contribution in [3.8, 4) is 0 Å². The Morgan fingerprint density at radius 1 is 1.41 bits per heavy atom. The molecule has 1 aliphatic rings. The number of carbonyl (C=O) groups is 1. The second-order valence-corrected chi connectivity index (χ2v) is 4.47. The molecule has 4 nitrogen and oxygen atoms in total. The van der Waals surface area contributed by atoms with Gasteiger partial charge in [-0.3, -0.25) is 0 Å². The van der Waals surface area contributed by atoms with E-state index in [1.807, 2.05) is 18.2 Å². The van der Waals surface area contributed by atoms with E-state index >= 15 is 0 Å². The lowest BCUT2D eigenvalue weighted by molar-refractivity contribution is 0.251. The molecule has 0 heterocycles. The lowest BCUT2D eigenvalue weighted by Crippen LogP contribution is -2.30. The number of nitrogens with one attached hydrogen (secondary N) is 2. The summed E-state index contributed by atoms with van der Waals surface area (Å²) >= 11 is 0. The van der Waals surface area contributed by atoms with Crippen LogP contribution in [0.25, 0.3) is 0 Å². The first-order valence-electron chi connectivity index (χ1n) is 6.14. The molecular weight excluding hydrogens is 214 g/mol. The van der Waals surface area contributed by atoms with Crippen LogP contribution in [0.15, 0.2) is 24.3 Å². The Morgan fingerprint density at radius 3 is 2.94 bits per heavy atom. The molecule has 2 rings (SSSR count). The summed E-state index contributed by atoms with van der Waals surface area (Å²) in [5, 5.41) is 5.74. The molecule has 0 bridgehead atoms. The van der Waals surface area contributed by atoms with Gasteiger partial charge in [0.15, 0.2) is 0 Å². The first-order valence-corrected chi connectivity index (χ1v) is 6.14. The van der Waals surface area contributed by atoms with E-state index < -0.39 is 0 Å². The molecule has 4 heteroatoms. The molecule has 0 unspecified atom stereocenters. The average molecular weight is 233 g/mol. The van der Waals surface area contributed by atoms with Crippen molar-refractivity contribution in [3.05, 3.63) is 29.8 Å².